The average molecular weight is 505 g/mol. The van der Waals surface area contributed by atoms with Gasteiger partial charge in [-0.2, -0.15) is 0 Å². The smallest absolute Gasteiger partial charge is 0.254 e. The molecule has 2 amide bonds. The molecule has 2 heterocycles. The van der Waals surface area contributed by atoms with E-state index >= 15 is 0 Å². The summed E-state index contributed by atoms with van der Waals surface area (Å²) < 4.78 is 27.5. The zero-order valence-electron chi connectivity index (χ0n) is 21.1. The summed E-state index contributed by atoms with van der Waals surface area (Å²) in [7, 11) is 6.31. The number of likely N-dealkylation sites (N-methyl/N-ethyl adjacent to an activating group) is 1. The van der Waals surface area contributed by atoms with E-state index in [9.17, 15) is 9.59 Å². The van der Waals surface area contributed by atoms with E-state index in [1.54, 1.807) is 49.4 Å². The van der Waals surface area contributed by atoms with Crippen molar-refractivity contribution in [2.45, 2.75) is 12.0 Å². The Morgan fingerprint density at radius 1 is 0.892 bits per heavy atom. The first-order valence-electron chi connectivity index (χ1n) is 11.8. The highest BCUT2D eigenvalue weighted by atomic mass is 16.6. The van der Waals surface area contributed by atoms with Gasteiger partial charge in [0.2, 0.25) is 5.91 Å². The van der Waals surface area contributed by atoms with E-state index in [0.29, 0.717) is 58.8 Å². The van der Waals surface area contributed by atoms with Gasteiger partial charge < -0.3 is 33.9 Å². The Labute approximate surface area is 214 Å². The second-order valence-corrected chi connectivity index (χ2v) is 8.75. The number of hydrogen-bond acceptors (Lipinski definition) is 7. The van der Waals surface area contributed by atoms with E-state index in [1.165, 1.54) is 14.2 Å². The number of nitrogens with zero attached hydrogens (tertiary/aromatic N) is 1. The number of ether oxygens (including phenoxy) is 5. The molecule has 2 atom stereocenters. The summed E-state index contributed by atoms with van der Waals surface area (Å²) in [5.41, 5.74) is 2.28. The van der Waals surface area contributed by atoms with E-state index in [1.807, 2.05) is 24.3 Å². The summed E-state index contributed by atoms with van der Waals surface area (Å²) in [5, 5.41) is 3.02. The van der Waals surface area contributed by atoms with Crippen LogP contribution in [0.2, 0.25) is 0 Å². The van der Waals surface area contributed by atoms with Gasteiger partial charge in [-0.05, 0) is 47.5 Å². The lowest BCUT2D eigenvalue weighted by Crippen LogP contribution is -2.44. The minimum atomic E-state index is -0.751. The summed E-state index contributed by atoms with van der Waals surface area (Å²) >= 11 is 0. The van der Waals surface area contributed by atoms with Crippen LogP contribution < -0.4 is 29.0 Å². The molecule has 37 heavy (non-hydrogen) atoms. The van der Waals surface area contributed by atoms with Crippen LogP contribution >= 0.6 is 0 Å². The Morgan fingerprint density at radius 2 is 1.57 bits per heavy atom. The second-order valence-electron chi connectivity index (χ2n) is 8.75. The number of rotatable bonds is 6. The first-order valence-corrected chi connectivity index (χ1v) is 11.8. The molecular weight excluding hydrogens is 476 g/mol. The average Bonchev–Trinajstić information content (AvgIpc) is 2.94. The highest BCUT2D eigenvalue weighted by molar-refractivity contribution is 6.05. The molecule has 0 radical (unpaired) electrons. The monoisotopic (exact) mass is 504 g/mol. The first kappa shape index (κ1) is 24.3. The predicted molar refractivity (Wildman–Crippen MR) is 136 cm³/mol. The van der Waals surface area contributed by atoms with Gasteiger partial charge in [0.05, 0.1) is 33.3 Å². The van der Waals surface area contributed by atoms with Crippen molar-refractivity contribution in [1.29, 1.82) is 0 Å². The Morgan fingerprint density at radius 3 is 2.24 bits per heavy atom. The molecule has 2 aliphatic rings. The molecule has 1 N–H and O–H groups in total. The number of methoxy groups -OCH3 is 3. The fourth-order valence-corrected chi connectivity index (χ4v) is 4.89. The molecule has 5 rings (SSSR count). The van der Waals surface area contributed by atoms with Crippen LogP contribution in [-0.4, -0.2) is 58.3 Å². The van der Waals surface area contributed by atoms with Crippen molar-refractivity contribution in [2.75, 3.05) is 46.9 Å². The van der Waals surface area contributed by atoms with E-state index in [2.05, 4.69) is 5.32 Å². The zero-order chi connectivity index (χ0) is 26.1. The molecule has 0 saturated carbocycles. The summed E-state index contributed by atoms with van der Waals surface area (Å²) in [5.74, 6) is 1.47. The second kappa shape index (κ2) is 9.93. The van der Waals surface area contributed by atoms with Gasteiger partial charge in [-0.25, -0.2) is 0 Å². The van der Waals surface area contributed by atoms with Crippen molar-refractivity contribution in [3.8, 4) is 28.7 Å². The van der Waals surface area contributed by atoms with Crippen LogP contribution in [0.25, 0.3) is 0 Å². The Hall–Kier alpha value is -4.40. The lowest BCUT2D eigenvalue weighted by atomic mass is 9.79. The van der Waals surface area contributed by atoms with Crippen molar-refractivity contribution in [3.63, 3.8) is 0 Å². The van der Waals surface area contributed by atoms with Crippen molar-refractivity contribution >= 4 is 17.5 Å². The predicted octanol–water partition coefficient (Wildman–Crippen LogP) is 4.03. The standard InChI is InChI=1S/C28H28N2O7/c1-30-26(16-5-8-18(33-2)9-6-16)25(19-14-22(34-3)23(35-4)15-20(19)28(30)32)27(31)29-17-7-10-21-24(13-17)37-12-11-36-21/h5-10,13-15,25-26H,11-12H2,1-4H3,(H,29,31). The fourth-order valence-electron chi connectivity index (χ4n) is 4.89. The molecule has 0 saturated heterocycles. The lowest BCUT2D eigenvalue weighted by molar-refractivity contribution is -0.119. The van der Waals surface area contributed by atoms with E-state index < -0.39 is 12.0 Å². The quantitative estimate of drug-likeness (QED) is 0.542. The number of carbonyl (C=O) groups excluding carboxylic acids is 2. The van der Waals surface area contributed by atoms with E-state index in [4.69, 9.17) is 23.7 Å². The van der Waals surface area contributed by atoms with Gasteiger partial charge >= 0.3 is 0 Å². The molecule has 0 bridgehead atoms. The van der Waals surface area contributed by atoms with Crippen LogP contribution in [0.3, 0.4) is 0 Å². The van der Waals surface area contributed by atoms with E-state index in [0.717, 1.165) is 5.56 Å². The van der Waals surface area contributed by atoms with Crippen LogP contribution in [0, 0.1) is 0 Å². The Kier molecular flexibility index (Phi) is 6.52. The van der Waals surface area contributed by atoms with Crippen molar-refractivity contribution in [3.05, 3.63) is 71.3 Å². The molecule has 2 aliphatic heterocycles. The number of hydrogen-bond donors (Lipinski definition) is 1. The molecular formula is C28H28N2O7. The van der Waals surface area contributed by atoms with Gasteiger partial charge in [0, 0.05) is 24.4 Å². The van der Waals surface area contributed by atoms with Crippen LogP contribution in [0.5, 0.6) is 28.7 Å². The highest BCUT2D eigenvalue weighted by Crippen LogP contribution is 2.46. The van der Waals surface area contributed by atoms with Crippen molar-refractivity contribution in [2.24, 2.45) is 0 Å². The first-order chi connectivity index (χ1) is 17.9. The molecule has 3 aromatic rings. The number of benzene rings is 3. The SMILES string of the molecule is COc1ccc(C2C(C(=O)Nc3ccc4c(c3)OCCO4)c3cc(OC)c(OC)cc3C(=O)N2C)cc1. The van der Waals surface area contributed by atoms with Gasteiger partial charge in [-0.1, -0.05) is 12.1 Å². The van der Waals surface area contributed by atoms with Crippen LogP contribution in [0.1, 0.15) is 33.4 Å². The van der Waals surface area contributed by atoms with Crippen LogP contribution in [-0.2, 0) is 4.79 Å². The van der Waals surface area contributed by atoms with Gasteiger partial charge in [0.25, 0.3) is 5.91 Å². The molecule has 2 unspecified atom stereocenters. The Balaban J connectivity index is 1.60. The molecule has 0 aromatic heterocycles. The highest BCUT2D eigenvalue weighted by Gasteiger charge is 2.43. The summed E-state index contributed by atoms with van der Waals surface area (Å²) in [6.45, 7) is 0.918. The minimum Gasteiger partial charge on any atom is -0.497 e. The largest absolute Gasteiger partial charge is 0.497 e. The number of nitrogens with one attached hydrogen (secondary N) is 1. The molecule has 9 nitrogen and oxygen atoms in total. The summed E-state index contributed by atoms with van der Waals surface area (Å²) in [6, 6.07) is 15.4. The van der Waals surface area contributed by atoms with Gasteiger partial charge in [0.1, 0.15) is 19.0 Å². The van der Waals surface area contributed by atoms with Crippen LogP contribution in [0.4, 0.5) is 5.69 Å². The number of carbonyl (C=O) groups is 2. The van der Waals surface area contributed by atoms with Gasteiger partial charge in [-0.3, -0.25) is 9.59 Å². The molecule has 0 aliphatic carbocycles. The van der Waals surface area contributed by atoms with Gasteiger partial charge in [-0.15, -0.1) is 0 Å². The number of anilines is 1. The third kappa shape index (κ3) is 4.37. The fraction of sp³-hybridized carbons (Fsp3) is 0.286. The molecule has 3 aromatic carbocycles. The van der Waals surface area contributed by atoms with Gasteiger partial charge in [0.15, 0.2) is 23.0 Å². The van der Waals surface area contributed by atoms with Crippen molar-refractivity contribution < 1.29 is 33.3 Å². The summed E-state index contributed by atoms with van der Waals surface area (Å²) in [4.78, 5) is 29.1. The maximum Gasteiger partial charge on any atom is 0.254 e. The number of fused-ring (bicyclic) bond motifs is 2. The molecule has 9 heteroatoms. The Bertz CT molecular complexity index is 1340. The van der Waals surface area contributed by atoms with E-state index in [-0.39, 0.29) is 11.8 Å². The van der Waals surface area contributed by atoms with Crippen molar-refractivity contribution in [1.82, 2.24) is 4.90 Å². The van der Waals surface area contributed by atoms with Crippen LogP contribution in [0.15, 0.2) is 54.6 Å². The zero-order valence-corrected chi connectivity index (χ0v) is 21.1. The molecule has 0 spiro atoms. The number of amides is 2. The molecule has 0 fully saturated rings. The maximum absolute atomic E-state index is 14.0. The lowest BCUT2D eigenvalue weighted by Gasteiger charge is -2.40. The third-order valence-electron chi connectivity index (χ3n) is 6.72. The topological polar surface area (TPSA) is 95.6 Å². The normalized spacial score (nSPS) is 18.1. The summed E-state index contributed by atoms with van der Waals surface area (Å²) in [6.07, 6.45) is 0. The third-order valence-corrected chi connectivity index (χ3v) is 6.72. The molecule has 192 valence electrons. The maximum atomic E-state index is 14.0. The minimum absolute atomic E-state index is 0.222.